The Balaban J connectivity index is 2.16. The van der Waals surface area contributed by atoms with E-state index in [0.717, 1.165) is 5.56 Å². The van der Waals surface area contributed by atoms with Gasteiger partial charge in [-0.05, 0) is 37.5 Å². The molecule has 2 rings (SSSR count). The minimum atomic E-state index is -1.23. The molecule has 0 saturated heterocycles. The van der Waals surface area contributed by atoms with Crippen LogP contribution in [0.3, 0.4) is 0 Å². The lowest BCUT2D eigenvalue weighted by Gasteiger charge is -2.28. The van der Waals surface area contributed by atoms with E-state index in [4.69, 9.17) is 4.65 Å². The van der Waals surface area contributed by atoms with E-state index >= 15 is 0 Å². The summed E-state index contributed by atoms with van der Waals surface area (Å²) in [5.41, 5.74) is 1.47. The number of hydrogen-bond acceptors (Lipinski definition) is 5. The first-order valence-electron chi connectivity index (χ1n) is 7.50. The van der Waals surface area contributed by atoms with E-state index in [1.54, 1.807) is 13.0 Å². The fourth-order valence-corrected chi connectivity index (χ4v) is 2.78. The van der Waals surface area contributed by atoms with E-state index < -0.39 is 18.9 Å². The first-order valence-corrected chi connectivity index (χ1v) is 7.50. The molecular weight excluding hydrogens is 299 g/mol. The molecule has 0 radical (unpaired) electrons. The summed E-state index contributed by atoms with van der Waals surface area (Å²) < 4.78 is 5.37. The highest BCUT2D eigenvalue weighted by molar-refractivity contribution is 6.47. The molecule has 0 bridgehead atoms. The van der Waals surface area contributed by atoms with E-state index in [9.17, 15) is 24.5 Å². The molecule has 1 aromatic carbocycles. The van der Waals surface area contributed by atoms with Crippen molar-refractivity contribution in [1.29, 1.82) is 0 Å². The Kier molecular flexibility index (Phi) is 5.21. The lowest BCUT2D eigenvalue weighted by Crippen LogP contribution is -2.36. The average molecular weight is 318 g/mol. The molecule has 0 saturated carbocycles. The summed E-state index contributed by atoms with van der Waals surface area (Å²) in [6.07, 6.45) is 0.815. The number of hydrogen-bond donors (Lipinski definition) is 2. The van der Waals surface area contributed by atoms with E-state index in [1.807, 2.05) is 0 Å². The van der Waals surface area contributed by atoms with Crippen molar-refractivity contribution in [1.82, 2.24) is 0 Å². The molecule has 1 aliphatic rings. The van der Waals surface area contributed by atoms with Gasteiger partial charge in [0.25, 0.3) is 0 Å². The molecule has 1 aromatic rings. The van der Waals surface area contributed by atoms with Gasteiger partial charge < -0.3 is 19.6 Å². The highest BCUT2D eigenvalue weighted by Crippen LogP contribution is 2.37. The van der Waals surface area contributed by atoms with Crippen LogP contribution in [0.25, 0.3) is 0 Å². The van der Waals surface area contributed by atoms with Crippen LogP contribution in [-0.4, -0.2) is 34.8 Å². The molecule has 0 spiro atoms. The van der Waals surface area contributed by atoms with Crippen molar-refractivity contribution in [3.8, 4) is 5.75 Å². The SMILES string of the molecule is CC(=O)CCC(=O)C[C@H]1Cc2cc(C)cc(C(=O)O)c2OB1O. The van der Waals surface area contributed by atoms with Gasteiger partial charge in [-0.15, -0.1) is 0 Å². The predicted molar refractivity (Wildman–Crippen MR) is 83.7 cm³/mol. The number of carbonyl (C=O) groups is 3. The quantitative estimate of drug-likeness (QED) is 0.776. The molecule has 1 aliphatic heterocycles. The molecule has 0 amide bonds. The van der Waals surface area contributed by atoms with Gasteiger partial charge in [-0.25, -0.2) is 4.79 Å². The second-order valence-corrected chi connectivity index (χ2v) is 6.02. The van der Waals surface area contributed by atoms with E-state index in [-0.39, 0.29) is 42.1 Å². The van der Waals surface area contributed by atoms with Crippen LogP contribution in [0, 0.1) is 6.92 Å². The molecule has 1 atom stereocenters. The highest BCUT2D eigenvalue weighted by atomic mass is 16.5. The second-order valence-electron chi connectivity index (χ2n) is 6.02. The summed E-state index contributed by atoms with van der Waals surface area (Å²) in [5, 5.41) is 19.3. The molecule has 0 aromatic heterocycles. The number of Topliss-reactive ketones (excluding diaryl/α,β-unsaturated/α-hetero) is 2. The van der Waals surface area contributed by atoms with Crippen LogP contribution in [0.2, 0.25) is 5.82 Å². The number of aryl methyl sites for hydroxylation is 1. The Hall–Kier alpha value is -2.15. The molecular formula is C16H19BO6. The van der Waals surface area contributed by atoms with Gasteiger partial charge >= 0.3 is 13.1 Å². The molecule has 7 heteroatoms. The Morgan fingerprint density at radius 3 is 2.61 bits per heavy atom. The van der Waals surface area contributed by atoms with E-state index in [2.05, 4.69) is 0 Å². The molecule has 1 heterocycles. The van der Waals surface area contributed by atoms with Crippen LogP contribution in [0.4, 0.5) is 0 Å². The molecule has 0 fully saturated rings. The van der Waals surface area contributed by atoms with Gasteiger partial charge in [0.15, 0.2) is 0 Å². The number of fused-ring (bicyclic) bond motifs is 1. The largest absolute Gasteiger partial charge is 0.535 e. The fourth-order valence-electron chi connectivity index (χ4n) is 2.78. The number of benzene rings is 1. The number of rotatable bonds is 6. The number of carboxylic acids is 1. The van der Waals surface area contributed by atoms with Crippen LogP contribution in [0.1, 0.15) is 47.7 Å². The first-order chi connectivity index (χ1) is 10.8. The summed E-state index contributed by atoms with van der Waals surface area (Å²) in [6.45, 7) is 3.21. The van der Waals surface area contributed by atoms with Crippen LogP contribution in [-0.2, 0) is 16.0 Å². The van der Waals surface area contributed by atoms with Crippen LogP contribution >= 0.6 is 0 Å². The smallest absolute Gasteiger partial charge is 0.526 e. The Morgan fingerprint density at radius 1 is 1.30 bits per heavy atom. The predicted octanol–water partition coefficient (Wildman–Crippen LogP) is 1.81. The minimum absolute atomic E-state index is 0.0143. The Bertz CT molecular complexity index is 654. The summed E-state index contributed by atoms with van der Waals surface area (Å²) in [5.74, 6) is -1.55. The maximum atomic E-state index is 11.9. The fraction of sp³-hybridized carbons (Fsp3) is 0.438. The van der Waals surface area contributed by atoms with Gasteiger partial charge in [0.2, 0.25) is 0 Å². The zero-order chi connectivity index (χ0) is 17.1. The molecule has 6 nitrogen and oxygen atoms in total. The maximum Gasteiger partial charge on any atom is 0.526 e. The number of carbonyl (C=O) groups excluding carboxylic acids is 2. The maximum absolute atomic E-state index is 11.9. The van der Waals surface area contributed by atoms with Gasteiger partial charge in [0.1, 0.15) is 22.9 Å². The third kappa shape index (κ3) is 4.19. The summed E-state index contributed by atoms with van der Waals surface area (Å²) in [7, 11) is -1.23. The average Bonchev–Trinajstić information content (AvgIpc) is 2.45. The van der Waals surface area contributed by atoms with Crippen molar-refractivity contribution in [3.63, 3.8) is 0 Å². The van der Waals surface area contributed by atoms with Crippen molar-refractivity contribution in [3.05, 3.63) is 28.8 Å². The van der Waals surface area contributed by atoms with Crippen molar-refractivity contribution in [2.24, 2.45) is 0 Å². The first kappa shape index (κ1) is 17.2. The van der Waals surface area contributed by atoms with Crippen LogP contribution in [0.5, 0.6) is 5.75 Å². The zero-order valence-corrected chi connectivity index (χ0v) is 13.2. The lowest BCUT2D eigenvalue weighted by molar-refractivity contribution is -0.123. The number of carboxylic acid groups (broad SMARTS) is 1. The van der Waals surface area contributed by atoms with E-state index in [1.165, 1.54) is 13.0 Å². The second kappa shape index (κ2) is 6.96. The zero-order valence-electron chi connectivity index (χ0n) is 13.2. The van der Waals surface area contributed by atoms with Gasteiger partial charge in [0.05, 0.1) is 0 Å². The summed E-state index contributed by atoms with van der Waals surface area (Å²) >= 11 is 0. The van der Waals surface area contributed by atoms with Gasteiger partial charge in [0, 0.05) is 25.1 Å². The molecule has 2 N–H and O–H groups in total. The Labute approximate surface area is 134 Å². The minimum Gasteiger partial charge on any atom is -0.535 e. The van der Waals surface area contributed by atoms with Gasteiger partial charge in [-0.1, -0.05) is 6.07 Å². The highest BCUT2D eigenvalue weighted by Gasteiger charge is 2.37. The third-order valence-electron chi connectivity index (χ3n) is 3.91. The summed E-state index contributed by atoms with van der Waals surface area (Å²) in [4.78, 5) is 34.1. The molecule has 122 valence electrons. The lowest BCUT2D eigenvalue weighted by atomic mass is 9.64. The van der Waals surface area contributed by atoms with Crippen molar-refractivity contribution >= 4 is 24.7 Å². The van der Waals surface area contributed by atoms with Crippen molar-refractivity contribution in [2.45, 2.75) is 45.3 Å². The standard InChI is InChI=1S/C16H19BO6/c1-9-5-11-7-12(8-13(19)4-3-10(2)18)17(22)23-15(11)14(6-9)16(20)21/h5-6,12,22H,3-4,7-8H2,1-2H3,(H,20,21)/t12-/m1/s1. The van der Waals surface area contributed by atoms with Gasteiger partial charge in [-0.3, -0.25) is 4.79 Å². The number of aromatic carboxylic acids is 1. The monoisotopic (exact) mass is 318 g/mol. The van der Waals surface area contributed by atoms with Crippen molar-refractivity contribution in [2.75, 3.05) is 0 Å². The molecule has 23 heavy (non-hydrogen) atoms. The topological polar surface area (TPSA) is 101 Å². The number of ketones is 2. The van der Waals surface area contributed by atoms with Gasteiger partial charge in [-0.2, -0.15) is 0 Å². The van der Waals surface area contributed by atoms with Crippen LogP contribution in [0.15, 0.2) is 12.1 Å². The Morgan fingerprint density at radius 2 is 2.00 bits per heavy atom. The normalized spacial score (nSPS) is 16.5. The van der Waals surface area contributed by atoms with Crippen LogP contribution < -0.4 is 4.65 Å². The van der Waals surface area contributed by atoms with E-state index in [0.29, 0.717) is 12.0 Å². The molecule has 0 aliphatic carbocycles. The summed E-state index contributed by atoms with van der Waals surface area (Å²) in [6, 6.07) is 3.30. The van der Waals surface area contributed by atoms with Crippen molar-refractivity contribution < 1.29 is 29.2 Å². The third-order valence-corrected chi connectivity index (χ3v) is 3.91. The molecule has 0 unspecified atom stereocenters.